The van der Waals surface area contributed by atoms with Gasteiger partial charge < -0.3 is 35.4 Å². The van der Waals surface area contributed by atoms with Crippen molar-refractivity contribution in [3.63, 3.8) is 0 Å². The van der Waals surface area contributed by atoms with E-state index < -0.39 is 30.1 Å². The van der Waals surface area contributed by atoms with Crippen molar-refractivity contribution in [2.24, 2.45) is 0 Å². The number of carboxylic acids is 1. The molecule has 1 heterocycles. The van der Waals surface area contributed by atoms with Crippen LogP contribution in [0.15, 0.2) is 72.8 Å². The number of morpholine rings is 1. The van der Waals surface area contributed by atoms with Crippen LogP contribution >= 0.6 is 0 Å². The number of amides is 4. The second-order valence-electron chi connectivity index (χ2n) is 9.59. The Kier molecular flexibility index (Phi) is 13.2. The first-order valence-electron chi connectivity index (χ1n) is 13.7. The highest BCUT2D eigenvalue weighted by Gasteiger charge is 2.26. The van der Waals surface area contributed by atoms with Crippen molar-refractivity contribution in [2.45, 2.75) is 44.4 Å². The van der Waals surface area contributed by atoms with Gasteiger partial charge in [-0.3, -0.25) is 4.79 Å². The van der Waals surface area contributed by atoms with Gasteiger partial charge in [0.25, 0.3) is 0 Å². The molecular formula is C30H38N4O7. The summed E-state index contributed by atoms with van der Waals surface area (Å²) in [4.78, 5) is 51.0. The zero-order valence-corrected chi connectivity index (χ0v) is 23.0. The molecule has 41 heavy (non-hydrogen) atoms. The molecule has 0 radical (unpaired) electrons. The Hall–Kier alpha value is -4.38. The molecule has 3 rings (SSSR count). The molecule has 220 valence electrons. The van der Waals surface area contributed by atoms with Crippen LogP contribution in [-0.2, 0) is 32.1 Å². The first-order valence-corrected chi connectivity index (χ1v) is 13.7. The summed E-state index contributed by atoms with van der Waals surface area (Å²) in [5, 5.41) is 17.5. The van der Waals surface area contributed by atoms with Gasteiger partial charge in [-0.15, -0.1) is 0 Å². The van der Waals surface area contributed by atoms with Gasteiger partial charge >= 0.3 is 18.1 Å². The summed E-state index contributed by atoms with van der Waals surface area (Å²) in [6, 6.07) is 16.9. The summed E-state index contributed by atoms with van der Waals surface area (Å²) in [5.74, 6) is -1.55. The van der Waals surface area contributed by atoms with E-state index in [4.69, 9.17) is 14.6 Å². The van der Waals surface area contributed by atoms with Gasteiger partial charge in [0.1, 0.15) is 12.6 Å². The fourth-order valence-corrected chi connectivity index (χ4v) is 4.22. The van der Waals surface area contributed by atoms with Crippen LogP contribution in [0, 0.1) is 0 Å². The van der Waals surface area contributed by atoms with Crippen LogP contribution in [0.2, 0.25) is 0 Å². The van der Waals surface area contributed by atoms with E-state index in [0.29, 0.717) is 52.1 Å². The van der Waals surface area contributed by atoms with E-state index in [0.717, 1.165) is 17.2 Å². The standard InChI is InChI=1S/C30H38N4O7/c35-27(36)15-14-25(13-7-8-16-31-30(39)41-22-24-11-5-2-6-12-24)32-28(37)26(21-23-9-3-1-4-10-23)33-29(38)34-17-19-40-20-18-34/h1-6,9-12,14-15,25-26H,7-8,13,16-22H2,(H,31,39)(H,32,37)(H,33,38)(H,35,36). The predicted octanol–water partition coefficient (Wildman–Crippen LogP) is 2.86. The van der Waals surface area contributed by atoms with Gasteiger partial charge in [-0.1, -0.05) is 66.7 Å². The van der Waals surface area contributed by atoms with Gasteiger partial charge in [-0.05, 0) is 30.4 Å². The lowest BCUT2D eigenvalue weighted by Crippen LogP contribution is -2.55. The number of urea groups is 1. The molecule has 1 aliphatic heterocycles. The van der Waals surface area contributed by atoms with Crippen LogP contribution in [-0.4, -0.2) is 78.9 Å². The fraction of sp³-hybridized carbons (Fsp3) is 0.400. The van der Waals surface area contributed by atoms with E-state index in [1.165, 1.54) is 6.08 Å². The molecule has 1 fully saturated rings. The quantitative estimate of drug-likeness (QED) is 0.203. The highest BCUT2D eigenvalue weighted by atomic mass is 16.5. The topological polar surface area (TPSA) is 146 Å². The molecule has 2 unspecified atom stereocenters. The number of hydrogen-bond donors (Lipinski definition) is 4. The molecule has 4 N–H and O–H groups in total. The normalized spacial score (nSPS) is 14.6. The number of ether oxygens (including phenoxy) is 2. The number of aliphatic carboxylic acids is 1. The number of hydrogen-bond acceptors (Lipinski definition) is 6. The van der Waals surface area contributed by atoms with E-state index in [2.05, 4.69) is 16.0 Å². The number of nitrogens with zero attached hydrogens (tertiary/aromatic N) is 1. The lowest BCUT2D eigenvalue weighted by atomic mass is 10.0. The van der Waals surface area contributed by atoms with Crippen LogP contribution in [0.4, 0.5) is 9.59 Å². The number of nitrogens with one attached hydrogen (secondary N) is 3. The average Bonchev–Trinajstić information content (AvgIpc) is 2.99. The monoisotopic (exact) mass is 566 g/mol. The van der Waals surface area contributed by atoms with Gasteiger partial charge in [0.15, 0.2) is 0 Å². The maximum Gasteiger partial charge on any atom is 0.407 e. The van der Waals surface area contributed by atoms with Crippen LogP contribution in [0.3, 0.4) is 0 Å². The second-order valence-corrected chi connectivity index (χ2v) is 9.59. The Morgan fingerprint density at radius 3 is 2.24 bits per heavy atom. The first kappa shape index (κ1) is 31.2. The number of rotatable bonds is 14. The van der Waals surface area contributed by atoms with Crippen molar-refractivity contribution < 1.29 is 33.8 Å². The largest absolute Gasteiger partial charge is 0.478 e. The molecule has 0 spiro atoms. The molecule has 0 aliphatic carbocycles. The van der Waals surface area contributed by atoms with E-state index in [-0.39, 0.29) is 19.1 Å². The maximum absolute atomic E-state index is 13.4. The van der Waals surface area contributed by atoms with Gasteiger partial charge in [-0.25, -0.2) is 14.4 Å². The third kappa shape index (κ3) is 12.1. The third-order valence-corrected chi connectivity index (χ3v) is 6.42. The highest BCUT2D eigenvalue weighted by Crippen LogP contribution is 2.08. The second kappa shape index (κ2) is 17.3. The molecule has 11 nitrogen and oxygen atoms in total. The molecule has 1 saturated heterocycles. The summed E-state index contributed by atoms with van der Waals surface area (Å²) < 4.78 is 10.5. The van der Waals surface area contributed by atoms with Gasteiger partial charge in [-0.2, -0.15) is 0 Å². The molecule has 4 amide bonds. The minimum atomic E-state index is -1.13. The number of carbonyl (C=O) groups is 4. The Bertz CT molecular complexity index is 1140. The molecule has 0 bridgehead atoms. The minimum Gasteiger partial charge on any atom is -0.478 e. The van der Waals surface area contributed by atoms with E-state index >= 15 is 0 Å². The van der Waals surface area contributed by atoms with Crippen molar-refractivity contribution in [2.75, 3.05) is 32.8 Å². The maximum atomic E-state index is 13.4. The number of carbonyl (C=O) groups excluding carboxylic acids is 3. The summed E-state index contributed by atoms with van der Waals surface area (Å²) in [5.41, 5.74) is 1.76. The van der Waals surface area contributed by atoms with Gasteiger partial charge in [0.05, 0.1) is 13.2 Å². The number of benzene rings is 2. The minimum absolute atomic E-state index is 0.174. The van der Waals surface area contributed by atoms with Crippen LogP contribution in [0.5, 0.6) is 0 Å². The van der Waals surface area contributed by atoms with Crippen molar-refractivity contribution >= 4 is 24.0 Å². The molecule has 0 aromatic heterocycles. The zero-order chi connectivity index (χ0) is 29.3. The third-order valence-electron chi connectivity index (χ3n) is 6.42. The van der Waals surface area contributed by atoms with Crippen LogP contribution in [0.25, 0.3) is 0 Å². The molecule has 0 saturated carbocycles. The number of carboxylic acid groups (broad SMARTS) is 1. The molecule has 2 atom stereocenters. The van der Waals surface area contributed by atoms with Gasteiger partial charge in [0, 0.05) is 38.2 Å². The van der Waals surface area contributed by atoms with Crippen LogP contribution < -0.4 is 16.0 Å². The van der Waals surface area contributed by atoms with E-state index in [1.54, 1.807) is 4.90 Å². The molecular weight excluding hydrogens is 528 g/mol. The Morgan fingerprint density at radius 1 is 0.927 bits per heavy atom. The molecule has 11 heteroatoms. The van der Waals surface area contributed by atoms with Crippen molar-refractivity contribution in [3.05, 3.63) is 83.9 Å². The first-order chi connectivity index (χ1) is 19.9. The highest BCUT2D eigenvalue weighted by molar-refractivity contribution is 5.88. The number of alkyl carbamates (subject to hydrolysis) is 1. The Labute approximate surface area is 239 Å². The van der Waals surface area contributed by atoms with E-state index in [1.807, 2.05) is 60.7 Å². The average molecular weight is 567 g/mol. The van der Waals surface area contributed by atoms with Gasteiger partial charge in [0.2, 0.25) is 5.91 Å². The van der Waals surface area contributed by atoms with Crippen LogP contribution in [0.1, 0.15) is 30.4 Å². The molecule has 1 aliphatic rings. The summed E-state index contributed by atoms with van der Waals surface area (Å²) in [7, 11) is 0. The Balaban J connectivity index is 1.52. The summed E-state index contributed by atoms with van der Waals surface area (Å²) in [6.45, 7) is 2.28. The SMILES string of the molecule is O=C(O)C=CC(CCCCNC(=O)OCc1ccccc1)NC(=O)C(Cc1ccccc1)NC(=O)N1CCOCC1. The molecule has 2 aromatic rings. The van der Waals surface area contributed by atoms with Crippen molar-refractivity contribution in [1.29, 1.82) is 0 Å². The molecule has 2 aromatic carbocycles. The zero-order valence-electron chi connectivity index (χ0n) is 23.0. The summed E-state index contributed by atoms with van der Waals surface area (Å²) >= 11 is 0. The van der Waals surface area contributed by atoms with Crippen molar-refractivity contribution in [3.8, 4) is 0 Å². The predicted molar refractivity (Wildman–Crippen MR) is 152 cm³/mol. The van der Waals surface area contributed by atoms with Crippen molar-refractivity contribution in [1.82, 2.24) is 20.9 Å². The fourth-order valence-electron chi connectivity index (χ4n) is 4.22. The lowest BCUT2D eigenvalue weighted by molar-refractivity contribution is -0.131. The summed E-state index contributed by atoms with van der Waals surface area (Å²) in [6.07, 6.45) is 3.78. The number of unbranched alkanes of at least 4 members (excludes halogenated alkanes) is 1. The van der Waals surface area contributed by atoms with E-state index in [9.17, 15) is 19.2 Å². The lowest BCUT2D eigenvalue weighted by Gasteiger charge is -2.29. The Morgan fingerprint density at radius 2 is 1.59 bits per heavy atom. The smallest absolute Gasteiger partial charge is 0.407 e.